The number of hydrogen-bond acceptors (Lipinski definition) is 4. The highest BCUT2D eigenvalue weighted by Gasteiger charge is 2.07. The van der Waals surface area contributed by atoms with Gasteiger partial charge < -0.3 is 4.98 Å². The van der Waals surface area contributed by atoms with Crippen LogP contribution in [0.1, 0.15) is 13.3 Å². The summed E-state index contributed by atoms with van der Waals surface area (Å²) in [7, 11) is 0. The van der Waals surface area contributed by atoms with E-state index in [1.807, 2.05) is 0 Å². The number of H-pyrrole nitrogens is 1. The smallest absolute Gasteiger partial charge is 0.302 e. The SMILES string of the molecule is CCCSc1ncc2[nH]c(=O)n(Cl)c2n1. The summed E-state index contributed by atoms with van der Waals surface area (Å²) in [5.41, 5.74) is 0.588. The third-order valence-corrected chi connectivity index (χ3v) is 3.17. The van der Waals surface area contributed by atoms with E-state index in [4.69, 9.17) is 11.8 Å². The van der Waals surface area contributed by atoms with E-state index in [-0.39, 0.29) is 0 Å². The second-order valence-corrected chi connectivity index (χ2v) is 4.35. The lowest BCUT2D eigenvalue weighted by Crippen LogP contribution is -2.07. The van der Waals surface area contributed by atoms with Crippen molar-refractivity contribution in [1.82, 2.24) is 19.0 Å². The first-order chi connectivity index (χ1) is 7.22. The fraction of sp³-hybridized carbons (Fsp3) is 0.375. The van der Waals surface area contributed by atoms with Crippen molar-refractivity contribution in [3.8, 4) is 0 Å². The molecule has 0 fully saturated rings. The molecule has 0 unspecified atom stereocenters. The van der Waals surface area contributed by atoms with Gasteiger partial charge in [0.25, 0.3) is 0 Å². The van der Waals surface area contributed by atoms with Gasteiger partial charge in [0.2, 0.25) is 0 Å². The number of hydrogen-bond donors (Lipinski definition) is 1. The third-order valence-electron chi connectivity index (χ3n) is 1.79. The van der Waals surface area contributed by atoms with Crippen LogP contribution in [-0.2, 0) is 0 Å². The van der Waals surface area contributed by atoms with Crippen LogP contribution in [0, 0.1) is 0 Å². The van der Waals surface area contributed by atoms with Gasteiger partial charge in [-0.2, -0.15) is 4.09 Å². The second kappa shape index (κ2) is 4.24. The molecule has 0 aliphatic heterocycles. The highest BCUT2D eigenvalue weighted by Crippen LogP contribution is 2.16. The molecule has 7 heteroatoms. The van der Waals surface area contributed by atoms with Crippen molar-refractivity contribution in [3.63, 3.8) is 0 Å². The van der Waals surface area contributed by atoms with E-state index in [1.54, 1.807) is 18.0 Å². The number of nitrogens with one attached hydrogen (secondary N) is 1. The van der Waals surface area contributed by atoms with Gasteiger partial charge in [-0.05, 0) is 6.42 Å². The number of rotatable bonds is 3. The quantitative estimate of drug-likeness (QED) is 0.658. The second-order valence-electron chi connectivity index (χ2n) is 2.95. The van der Waals surface area contributed by atoms with Crippen molar-refractivity contribution < 1.29 is 0 Å². The summed E-state index contributed by atoms with van der Waals surface area (Å²) in [6, 6.07) is 0. The highest BCUT2D eigenvalue weighted by atomic mass is 35.5. The van der Waals surface area contributed by atoms with Crippen LogP contribution in [0.25, 0.3) is 11.2 Å². The fourth-order valence-electron chi connectivity index (χ4n) is 1.12. The third kappa shape index (κ3) is 2.00. The largest absolute Gasteiger partial charge is 0.342 e. The predicted octanol–water partition coefficient (Wildman–Crippen LogP) is 1.62. The average Bonchev–Trinajstić information content (AvgIpc) is 2.52. The van der Waals surface area contributed by atoms with Gasteiger partial charge in [0, 0.05) is 17.5 Å². The molecule has 0 spiro atoms. The summed E-state index contributed by atoms with van der Waals surface area (Å²) >= 11 is 7.26. The van der Waals surface area contributed by atoms with Crippen molar-refractivity contribution in [1.29, 1.82) is 0 Å². The van der Waals surface area contributed by atoms with Crippen LogP contribution in [0.5, 0.6) is 0 Å². The molecular weight excluding hydrogens is 236 g/mol. The molecule has 0 aromatic carbocycles. The van der Waals surface area contributed by atoms with Gasteiger partial charge in [0.15, 0.2) is 10.8 Å². The Bertz CT molecular complexity index is 535. The molecule has 1 N–H and O–H groups in total. The first-order valence-corrected chi connectivity index (χ1v) is 5.81. The number of aromatic amines is 1. The van der Waals surface area contributed by atoms with Crippen LogP contribution in [-0.4, -0.2) is 24.8 Å². The van der Waals surface area contributed by atoms with Crippen molar-refractivity contribution in [2.24, 2.45) is 0 Å². The summed E-state index contributed by atoms with van der Waals surface area (Å²) in [6.07, 6.45) is 2.62. The van der Waals surface area contributed by atoms with Crippen molar-refractivity contribution in [2.45, 2.75) is 18.5 Å². The van der Waals surface area contributed by atoms with Crippen LogP contribution >= 0.6 is 23.5 Å². The monoisotopic (exact) mass is 244 g/mol. The number of thioether (sulfide) groups is 1. The van der Waals surface area contributed by atoms with Gasteiger partial charge in [-0.1, -0.05) is 18.7 Å². The Labute approximate surface area is 95.0 Å². The lowest BCUT2D eigenvalue weighted by atomic mass is 10.6. The average molecular weight is 245 g/mol. The van der Waals surface area contributed by atoms with E-state index in [9.17, 15) is 4.79 Å². The molecule has 15 heavy (non-hydrogen) atoms. The Hall–Kier alpha value is -1.01. The van der Waals surface area contributed by atoms with Crippen LogP contribution in [0.4, 0.5) is 0 Å². The van der Waals surface area contributed by atoms with Crippen LogP contribution in [0.15, 0.2) is 16.1 Å². The van der Waals surface area contributed by atoms with Gasteiger partial charge in [0.1, 0.15) is 5.52 Å². The van der Waals surface area contributed by atoms with Crippen LogP contribution < -0.4 is 5.69 Å². The van der Waals surface area contributed by atoms with Crippen LogP contribution in [0.3, 0.4) is 0 Å². The molecular formula is C8H9ClN4OS. The van der Waals surface area contributed by atoms with E-state index in [0.717, 1.165) is 16.3 Å². The molecule has 0 radical (unpaired) electrons. The summed E-state index contributed by atoms with van der Waals surface area (Å²) in [4.78, 5) is 22.0. The predicted molar refractivity (Wildman–Crippen MR) is 60.4 cm³/mol. The molecule has 0 atom stereocenters. The minimum atomic E-state index is -0.390. The first-order valence-electron chi connectivity index (χ1n) is 4.49. The topological polar surface area (TPSA) is 63.6 Å². The van der Waals surface area contributed by atoms with E-state index in [1.165, 1.54) is 0 Å². The minimum absolute atomic E-state index is 0.390. The molecule has 0 saturated carbocycles. The first kappa shape index (κ1) is 10.5. The zero-order chi connectivity index (χ0) is 10.8. The maximum Gasteiger partial charge on any atom is 0.342 e. The van der Waals surface area contributed by atoms with Crippen LogP contribution in [0.2, 0.25) is 0 Å². The molecule has 0 amide bonds. The Kier molecular flexibility index (Phi) is 2.97. The van der Waals surface area contributed by atoms with Crippen molar-refractivity contribution in [3.05, 3.63) is 16.7 Å². The number of fused-ring (bicyclic) bond motifs is 1. The van der Waals surface area contributed by atoms with E-state index >= 15 is 0 Å². The van der Waals surface area contributed by atoms with E-state index < -0.39 is 5.69 Å². The number of halogens is 1. The van der Waals surface area contributed by atoms with Crippen molar-refractivity contribution in [2.75, 3.05) is 5.75 Å². The van der Waals surface area contributed by atoms with Gasteiger partial charge in [-0.15, -0.1) is 0 Å². The molecule has 2 aromatic rings. The fourth-order valence-corrected chi connectivity index (χ4v) is 1.95. The molecule has 2 heterocycles. The molecule has 0 bridgehead atoms. The standard InChI is InChI=1S/C8H9ClN4OS/c1-2-3-15-7-10-4-5-6(12-7)13(9)8(14)11-5/h4H,2-3H2,1H3,(H,11,14). The maximum absolute atomic E-state index is 11.2. The molecule has 0 aliphatic rings. The number of aromatic nitrogens is 4. The van der Waals surface area contributed by atoms with Crippen molar-refractivity contribution >= 4 is 34.7 Å². The summed E-state index contributed by atoms with van der Waals surface area (Å²) in [5, 5.41) is 0.637. The Balaban J connectivity index is 2.45. The Morgan fingerprint density at radius 2 is 2.47 bits per heavy atom. The normalized spacial score (nSPS) is 11.1. The maximum atomic E-state index is 11.2. The Morgan fingerprint density at radius 1 is 1.67 bits per heavy atom. The van der Waals surface area contributed by atoms with Gasteiger partial charge in [-0.25, -0.2) is 14.8 Å². The molecule has 2 aromatic heterocycles. The molecule has 2 rings (SSSR count). The summed E-state index contributed by atoms with van der Waals surface area (Å²) < 4.78 is 0.965. The van der Waals surface area contributed by atoms with E-state index in [0.29, 0.717) is 16.3 Å². The highest BCUT2D eigenvalue weighted by molar-refractivity contribution is 7.99. The number of imidazole rings is 1. The Morgan fingerprint density at radius 3 is 3.20 bits per heavy atom. The lowest BCUT2D eigenvalue weighted by molar-refractivity contribution is 0.977. The lowest BCUT2D eigenvalue weighted by Gasteiger charge is -1.97. The van der Waals surface area contributed by atoms with Gasteiger partial charge >= 0.3 is 5.69 Å². The summed E-state index contributed by atoms with van der Waals surface area (Å²) in [6.45, 7) is 2.08. The molecule has 0 aliphatic carbocycles. The zero-order valence-electron chi connectivity index (χ0n) is 8.03. The minimum Gasteiger partial charge on any atom is -0.302 e. The van der Waals surface area contributed by atoms with Gasteiger partial charge in [-0.3, -0.25) is 0 Å². The van der Waals surface area contributed by atoms with Gasteiger partial charge in [0.05, 0.1) is 6.20 Å². The summed E-state index contributed by atoms with van der Waals surface area (Å²) in [5.74, 6) is 0.947. The molecule has 5 nitrogen and oxygen atoms in total. The van der Waals surface area contributed by atoms with E-state index in [2.05, 4.69) is 21.9 Å². The molecule has 80 valence electrons. The zero-order valence-corrected chi connectivity index (χ0v) is 9.60. The molecule has 0 saturated heterocycles. The number of nitrogens with zero attached hydrogens (tertiary/aromatic N) is 3.